The van der Waals surface area contributed by atoms with E-state index in [1.165, 1.54) is 11.1 Å². The van der Waals surface area contributed by atoms with Crippen LogP contribution in [0, 0.1) is 13.8 Å². The summed E-state index contributed by atoms with van der Waals surface area (Å²) in [5, 5.41) is 3.03. The first-order valence-electron chi connectivity index (χ1n) is 10.9. The molecule has 6 heteroatoms. The maximum absolute atomic E-state index is 13.1. The van der Waals surface area contributed by atoms with Crippen LogP contribution in [0.15, 0.2) is 59.5 Å². The second-order valence-electron chi connectivity index (χ2n) is 8.35. The Morgan fingerprint density at radius 3 is 2.50 bits per heavy atom. The van der Waals surface area contributed by atoms with Crippen molar-refractivity contribution in [2.75, 3.05) is 6.54 Å². The Morgan fingerprint density at radius 1 is 1.03 bits per heavy atom. The second-order valence-corrected chi connectivity index (χ2v) is 9.49. The van der Waals surface area contributed by atoms with Crippen LogP contribution in [0.3, 0.4) is 0 Å². The second kappa shape index (κ2) is 9.76. The number of nitrogens with one attached hydrogen (secondary N) is 1. The fourth-order valence-electron chi connectivity index (χ4n) is 4.09. The lowest BCUT2D eigenvalue weighted by atomic mass is 10.0. The van der Waals surface area contributed by atoms with Crippen molar-refractivity contribution in [3.8, 4) is 0 Å². The van der Waals surface area contributed by atoms with Gasteiger partial charge in [-0.15, -0.1) is 0 Å². The van der Waals surface area contributed by atoms with Crippen molar-refractivity contribution in [2.24, 2.45) is 0 Å². The third kappa shape index (κ3) is 4.97. The predicted octanol–water partition coefficient (Wildman–Crippen LogP) is 4.69. The van der Waals surface area contributed by atoms with E-state index >= 15 is 0 Å². The van der Waals surface area contributed by atoms with Gasteiger partial charge in [0, 0.05) is 30.2 Å². The molecule has 0 aliphatic carbocycles. The number of aromatic nitrogens is 1. The third-order valence-corrected chi connectivity index (χ3v) is 7.14. The Kier molecular flexibility index (Phi) is 6.82. The molecule has 5 nitrogen and oxygen atoms in total. The van der Waals surface area contributed by atoms with Crippen molar-refractivity contribution in [3.63, 3.8) is 0 Å². The molecular weight excluding hydrogens is 418 g/mol. The molecule has 166 valence electrons. The van der Waals surface area contributed by atoms with Gasteiger partial charge in [-0.2, -0.15) is 0 Å². The number of nitrogens with zero attached hydrogens (tertiary/aromatic N) is 2. The normalized spacial score (nSPS) is 13.6. The topological polar surface area (TPSA) is 54.3 Å². The van der Waals surface area contributed by atoms with Crippen molar-refractivity contribution in [3.05, 3.63) is 88.2 Å². The SMILES string of the molecule is CC(=O)Cn1c(C(=O)NCc2ccccc2C)cc(SN2CCc3ccccc3C2)c1C. The van der Waals surface area contributed by atoms with E-state index in [1.54, 1.807) is 18.9 Å². The minimum absolute atomic E-state index is 0.0279. The van der Waals surface area contributed by atoms with Gasteiger partial charge in [0.05, 0.1) is 6.54 Å². The zero-order valence-corrected chi connectivity index (χ0v) is 19.7. The van der Waals surface area contributed by atoms with Crippen molar-refractivity contribution < 1.29 is 9.59 Å². The number of ketones is 1. The molecule has 0 radical (unpaired) electrons. The maximum atomic E-state index is 13.1. The van der Waals surface area contributed by atoms with Crippen molar-refractivity contribution >= 4 is 23.6 Å². The molecule has 4 rings (SSSR count). The summed E-state index contributed by atoms with van der Waals surface area (Å²) in [6.07, 6.45) is 1.01. The number of aryl methyl sites for hydroxylation is 1. The van der Waals surface area contributed by atoms with Crippen molar-refractivity contribution in [1.82, 2.24) is 14.2 Å². The predicted molar refractivity (Wildman–Crippen MR) is 129 cm³/mol. The zero-order chi connectivity index (χ0) is 22.7. The third-order valence-electron chi connectivity index (χ3n) is 5.96. The highest BCUT2D eigenvalue weighted by atomic mass is 32.2. The van der Waals surface area contributed by atoms with Crippen LogP contribution in [0.1, 0.15) is 45.4 Å². The summed E-state index contributed by atoms with van der Waals surface area (Å²) in [5.41, 5.74) is 6.47. The van der Waals surface area contributed by atoms with E-state index in [2.05, 4.69) is 33.9 Å². The number of amides is 1. The van der Waals surface area contributed by atoms with E-state index in [1.807, 2.05) is 48.7 Å². The Bertz CT molecular complexity index is 1150. The number of benzene rings is 2. The Labute approximate surface area is 193 Å². The lowest BCUT2D eigenvalue weighted by molar-refractivity contribution is -0.117. The van der Waals surface area contributed by atoms with Gasteiger partial charge in [-0.05, 0) is 67.5 Å². The molecule has 1 aliphatic heterocycles. The van der Waals surface area contributed by atoms with E-state index in [0.717, 1.165) is 41.2 Å². The highest BCUT2D eigenvalue weighted by Gasteiger charge is 2.23. The fourth-order valence-corrected chi connectivity index (χ4v) is 5.16. The molecule has 2 aromatic carbocycles. The van der Waals surface area contributed by atoms with E-state index in [0.29, 0.717) is 12.2 Å². The molecule has 0 spiro atoms. The first kappa shape index (κ1) is 22.4. The monoisotopic (exact) mass is 447 g/mol. The smallest absolute Gasteiger partial charge is 0.268 e. The first-order valence-corrected chi connectivity index (χ1v) is 11.7. The Morgan fingerprint density at radius 2 is 1.75 bits per heavy atom. The fraction of sp³-hybridized carbons (Fsp3) is 0.308. The summed E-state index contributed by atoms with van der Waals surface area (Å²) in [7, 11) is 0. The van der Waals surface area contributed by atoms with Crippen LogP contribution in [0.2, 0.25) is 0 Å². The number of Topliss-reactive ketones (excluding diaryl/α,β-unsaturated/α-hetero) is 1. The molecule has 1 aliphatic rings. The molecule has 32 heavy (non-hydrogen) atoms. The molecule has 0 saturated carbocycles. The molecule has 2 heterocycles. The van der Waals surface area contributed by atoms with Crippen LogP contribution in [-0.4, -0.2) is 27.1 Å². The van der Waals surface area contributed by atoms with Crippen LogP contribution in [0.5, 0.6) is 0 Å². The first-order chi connectivity index (χ1) is 15.4. The summed E-state index contributed by atoms with van der Waals surface area (Å²) >= 11 is 1.67. The Hall–Kier alpha value is -2.83. The van der Waals surface area contributed by atoms with Crippen LogP contribution in [0.25, 0.3) is 0 Å². The number of carbonyl (C=O) groups is 2. The molecule has 0 saturated heterocycles. The highest BCUT2D eigenvalue weighted by Crippen LogP contribution is 2.33. The minimum atomic E-state index is -0.159. The van der Waals surface area contributed by atoms with Crippen molar-refractivity contribution in [2.45, 2.75) is 51.7 Å². The Balaban J connectivity index is 1.53. The number of hydrogen-bond acceptors (Lipinski definition) is 4. The molecule has 0 atom stereocenters. The number of rotatable bonds is 7. The molecule has 1 aromatic heterocycles. The largest absolute Gasteiger partial charge is 0.347 e. The highest BCUT2D eigenvalue weighted by molar-refractivity contribution is 7.97. The van der Waals surface area contributed by atoms with Gasteiger partial charge in [-0.1, -0.05) is 48.5 Å². The quantitative estimate of drug-likeness (QED) is 0.534. The molecular formula is C26H29N3O2S. The molecule has 0 bridgehead atoms. The van der Waals surface area contributed by atoms with E-state index < -0.39 is 0 Å². The average molecular weight is 448 g/mol. The molecule has 1 amide bonds. The van der Waals surface area contributed by atoms with Gasteiger partial charge in [0.2, 0.25) is 0 Å². The lowest BCUT2D eigenvalue weighted by Crippen LogP contribution is -2.27. The maximum Gasteiger partial charge on any atom is 0.268 e. The summed E-state index contributed by atoms with van der Waals surface area (Å²) < 4.78 is 4.17. The van der Waals surface area contributed by atoms with Crippen LogP contribution < -0.4 is 5.32 Å². The van der Waals surface area contributed by atoms with E-state index in [9.17, 15) is 9.59 Å². The molecule has 3 aromatic rings. The van der Waals surface area contributed by atoms with E-state index in [-0.39, 0.29) is 18.2 Å². The van der Waals surface area contributed by atoms with Gasteiger partial charge in [-0.3, -0.25) is 9.59 Å². The van der Waals surface area contributed by atoms with Crippen molar-refractivity contribution in [1.29, 1.82) is 0 Å². The van der Waals surface area contributed by atoms with Gasteiger partial charge in [0.25, 0.3) is 5.91 Å². The van der Waals surface area contributed by atoms with Crippen LogP contribution in [0.4, 0.5) is 0 Å². The summed E-state index contributed by atoms with van der Waals surface area (Å²) in [4.78, 5) is 26.0. The number of fused-ring (bicyclic) bond motifs is 1. The molecule has 0 fully saturated rings. The standard InChI is InChI=1S/C26H29N3O2S/c1-18-8-4-5-10-22(18)15-27-26(31)24-14-25(20(3)29(24)16-19(2)30)32-28-13-12-21-9-6-7-11-23(21)17-28/h4-11,14H,12-13,15-17H2,1-3H3,(H,27,31). The summed E-state index contributed by atoms with van der Waals surface area (Å²) in [6, 6.07) is 18.5. The average Bonchev–Trinajstić information content (AvgIpc) is 3.07. The number of carbonyl (C=O) groups excluding carboxylic acids is 2. The minimum Gasteiger partial charge on any atom is -0.347 e. The van der Waals surface area contributed by atoms with Gasteiger partial charge >= 0.3 is 0 Å². The van der Waals surface area contributed by atoms with Gasteiger partial charge in [0.15, 0.2) is 0 Å². The van der Waals surface area contributed by atoms with Gasteiger partial charge < -0.3 is 9.88 Å². The van der Waals surface area contributed by atoms with Crippen LogP contribution in [-0.2, 0) is 30.8 Å². The summed E-state index contributed by atoms with van der Waals surface area (Å²) in [5.74, 6) is -0.131. The number of hydrogen-bond donors (Lipinski definition) is 1. The van der Waals surface area contributed by atoms with Crippen LogP contribution >= 0.6 is 11.9 Å². The lowest BCUT2D eigenvalue weighted by Gasteiger charge is -2.27. The van der Waals surface area contributed by atoms with E-state index in [4.69, 9.17) is 0 Å². The molecule has 1 N–H and O–H groups in total. The van der Waals surface area contributed by atoms with Gasteiger partial charge in [-0.25, -0.2) is 4.31 Å². The van der Waals surface area contributed by atoms with Gasteiger partial charge in [0.1, 0.15) is 11.5 Å². The summed E-state index contributed by atoms with van der Waals surface area (Å²) in [6.45, 7) is 8.06. The zero-order valence-electron chi connectivity index (χ0n) is 18.9. The molecule has 0 unspecified atom stereocenters.